The van der Waals surface area contributed by atoms with Gasteiger partial charge in [-0.2, -0.15) is 0 Å². The van der Waals surface area contributed by atoms with Gasteiger partial charge in [-0.15, -0.1) is 0 Å². The van der Waals surface area contributed by atoms with Gasteiger partial charge in [-0.25, -0.2) is 37.1 Å². The van der Waals surface area contributed by atoms with Crippen LogP contribution >= 0.6 is 12.2 Å². The molecule has 9 saturated heterocycles. The molecule has 6 aromatic rings. The molecule has 6 aromatic carbocycles. The van der Waals surface area contributed by atoms with Gasteiger partial charge in [0.15, 0.2) is 0 Å². The number of alkyl carbamates (subject to hydrolysis) is 2. The van der Waals surface area contributed by atoms with Gasteiger partial charge in [0.25, 0.3) is 0 Å². The molecule has 2 saturated carbocycles. The maximum Gasteiger partial charge on any atom is 0.407 e. The van der Waals surface area contributed by atoms with Crippen LogP contribution in [-0.2, 0) is 33.9 Å². The maximum absolute atomic E-state index is 15.2. The SMILES string of the molecule is C.CC(=O)NC1CCN(c2ccc(F)cc2N2C(=O)NC(=NC3CCCCC3)C23CCN(Cc2cccc(OC(C)C)c2)CC3)CC1.CC(C)Oc1cccc(CN2CCC3(CC2)C(=NC2CCCCC2)NC(=O)N3c2cc(F)ccc2N2CCC(NC(=O)OC(C)(C)C)CC2)c1.CC(C)Oc1cccc(CN2CCC3(CC2)C(=S)NC(=O)N3c2cc(F)ccc2N2CCC(NC(=O)OC(C)(C)C)CC2)c1.F.[2HH].[2HH]. The number of amides is 9. The molecule has 33 heteroatoms. The second kappa shape index (κ2) is 47.7. The van der Waals surface area contributed by atoms with E-state index in [1.807, 2.05) is 135 Å². The Balaban J connectivity index is 0.000000203. The summed E-state index contributed by atoms with van der Waals surface area (Å²) in [5.74, 6) is 2.89. The van der Waals surface area contributed by atoms with E-state index in [0.717, 1.165) is 175 Å². The van der Waals surface area contributed by atoms with Crippen LogP contribution in [0, 0.1) is 17.5 Å². The highest BCUT2D eigenvalue weighted by Gasteiger charge is 2.58. The summed E-state index contributed by atoms with van der Waals surface area (Å²) in [6.45, 7) is 35.6. The number of aliphatic imine (C=N–C) groups is 2. The lowest BCUT2D eigenvalue weighted by Gasteiger charge is -2.45. The number of halogens is 4. The van der Waals surface area contributed by atoms with Crippen LogP contribution in [0.3, 0.4) is 0 Å². The predicted octanol–water partition coefficient (Wildman–Crippen LogP) is 20.7. The third-order valence-corrected chi connectivity index (χ3v) is 29.1. The van der Waals surface area contributed by atoms with Gasteiger partial charge >= 0.3 is 30.3 Å². The monoisotopic (exact) mass is 1990 g/mol. The molecule has 6 N–H and O–H groups in total. The lowest BCUT2D eigenvalue weighted by atomic mass is 9.84. The molecule has 9 heterocycles. The van der Waals surface area contributed by atoms with Gasteiger partial charge in [0.05, 0.1) is 64.5 Å². The van der Waals surface area contributed by atoms with E-state index < -0.39 is 45.8 Å². The summed E-state index contributed by atoms with van der Waals surface area (Å²) in [5.41, 5.74) is 4.44. The van der Waals surface area contributed by atoms with Crippen LogP contribution in [0.4, 0.5) is 76.0 Å². The van der Waals surface area contributed by atoms with Crippen LogP contribution in [0.15, 0.2) is 137 Å². The molecule has 11 fully saturated rings. The quantitative estimate of drug-likeness (QED) is 0.0257. The highest BCUT2D eigenvalue weighted by Crippen LogP contribution is 2.49. The summed E-state index contributed by atoms with van der Waals surface area (Å²) in [4.78, 5) is 108. The van der Waals surface area contributed by atoms with Gasteiger partial charge in [0, 0.05) is 126 Å². The van der Waals surface area contributed by atoms with Crippen LogP contribution in [0.1, 0.15) is 258 Å². The third kappa shape index (κ3) is 27.3. The number of hydrogen-bond acceptors (Lipinski definition) is 20. The van der Waals surface area contributed by atoms with Crippen molar-refractivity contribution in [3.8, 4) is 17.2 Å². The van der Waals surface area contributed by atoms with Gasteiger partial charge in [0.1, 0.15) is 79.2 Å². The Labute approximate surface area is 845 Å². The van der Waals surface area contributed by atoms with Crippen LogP contribution in [-0.4, -0.2) is 222 Å². The number of hydrogen-bond donors (Lipinski definition) is 6. The maximum atomic E-state index is 15.2. The highest BCUT2D eigenvalue weighted by atomic mass is 32.1. The number of carbonyl (C=O) groups is 6. The number of nitrogens with one attached hydrogen (secondary N) is 6. The zero-order valence-corrected chi connectivity index (χ0v) is 85.6. The summed E-state index contributed by atoms with van der Waals surface area (Å²) in [5, 5.41) is 18.3. The number of amidine groups is 2. The highest BCUT2D eigenvalue weighted by molar-refractivity contribution is 7.80. The smallest absolute Gasteiger partial charge is 0.407 e. The normalized spacial score (nSPS) is 20.8. The minimum atomic E-state index is -0.731. The van der Waals surface area contributed by atoms with Crippen molar-refractivity contribution >= 4 is 99.2 Å². The number of urea groups is 3. The van der Waals surface area contributed by atoms with E-state index in [1.54, 1.807) is 24.0 Å². The summed E-state index contributed by atoms with van der Waals surface area (Å²) in [7, 11) is 0. The van der Waals surface area contributed by atoms with Crippen LogP contribution in [0.2, 0.25) is 0 Å². The average molecular weight is 1990 g/mol. The summed E-state index contributed by atoms with van der Waals surface area (Å²) in [6, 6.07) is 38.6. The average Bonchev–Trinajstić information content (AvgIpc) is 1.58. The number of nitrogens with zero attached hydrogens (tertiary/aromatic N) is 11. The first-order chi connectivity index (χ1) is 66.9. The standard InChI is InChI=1S/C39H55FN6O4.C36H49FN6O3.C33H44FN5O4S.CH4.FH.2H2/c1-27(2)49-32-13-9-10-28(24-32)26-44-22-18-39(19-23-44)35(41-30-11-7-6-8-12-30)43-36(47)46(39)34-25-29(40)14-15-33(34)45-20-16-31(17-21-45)42-37(48)50-38(3,4)5;1-25(2)46-31-11-7-8-27(22-31)24-41-20-16-36(17-21-41)34(39-29-9-5-4-6-10-29)40-35(45)43(36)33-23-28(37)12-13-32(33)42-18-14-30(15-19-42)38-26(3)44;1-22(2)42-26-8-6-7-23(19-26)21-37-17-13-33(14-18-37)29(44)36-30(40)39(33)28-20-24(34)9-10-27(28)38-15-11-25(12-16-38)35-31(41)43-32(3,4)5;;;;/h9-10,13-15,24-25,27,30-31H,6-8,11-12,16-23,26H2,1-5H3,(H,42,48)(H,41,43,47);7-8,11-13,22-23,25,29-30H,4-6,9-10,14-21,24H2,1-3H3,(H,38,44)(H,39,40,45);6-10,19-20,22,25H,11-18,21H2,1-5H3,(H,35,41)(H,36,40,44);1H4;3*1H/i;;;;;2*1+1. The van der Waals surface area contributed by atoms with Crippen molar-refractivity contribution in [2.75, 3.05) is 108 Å². The van der Waals surface area contributed by atoms with Crippen molar-refractivity contribution in [1.82, 2.24) is 46.6 Å². The molecule has 778 valence electrons. The molecule has 28 nitrogen and oxygen atoms in total. The third-order valence-electron chi connectivity index (χ3n) is 28.6. The van der Waals surface area contributed by atoms with Gasteiger partial charge in [-0.3, -0.25) is 64.8 Å². The fourth-order valence-electron chi connectivity index (χ4n) is 22.0. The largest absolute Gasteiger partial charge is 0.491 e. The minimum Gasteiger partial charge on any atom is -0.491 e. The molecule has 0 unspecified atom stereocenters. The molecular weight excluding hydrogens is 1830 g/mol. The first-order valence-electron chi connectivity index (χ1n) is 51.3. The predicted molar refractivity (Wildman–Crippen MR) is 564 cm³/mol. The molecule has 0 atom stereocenters. The van der Waals surface area contributed by atoms with Crippen LogP contribution in [0.5, 0.6) is 17.2 Å². The van der Waals surface area contributed by atoms with Gasteiger partial charge < -0.3 is 54.3 Å². The van der Waals surface area contributed by atoms with Crippen LogP contribution < -0.4 is 75.5 Å². The molecule has 142 heavy (non-hydrogen) atoms. The Hall–Kier alpha value is -11.0. The van der Waals surface area contributed by atoms with E-state index in [4.69, 9.17) is 45.9 Å². The molecule has 9 aliphatic heterocycles. The number of carbonyl (C=O) groups excluding carboxylic acids is 6. The van der Waals surface area contributed by atoms with Gasteiger partial charge in [-0.05, 0) is 294 Å². The van der Waals surface area contributed by atoms with Crippen molar-refractivity contribution in [2.45, 2.75) is 335 Å². The lowest BCUT2D eigenvalue weighted by Crippen LogP contribution is -2.57. The summed E-state index contributed by atoms with van der Waals surface area (Å²) < 4.78 is 73.7. The first kappa shape index (κ1) is 108. The van der Waals surface area contributed by atoms with E-state index >= 15 is 8.78 Å². The van der Waals surface area contributed by atoms with E-state index in [0.29, 0.717) is 126 Å². The summed E-state index contributed by atoms with van der Waals surface area (Å²) in [6.07, 6.45) is 19.0. The zero-order chi connectivity index (χ0) is 99.4. The van der Waals surface area contributed by atoms with E-state index in [-0.39, 0.29) is 99.1 Å². The van der Waals surface area contributed by atoms with Crippen molar-refractivity contribution in [2.24, 2.45) is 9.98 Å². The molecule has 2 aliphatic carbocycles. The first-order valence-corrected chi connectivity index (χ1v) is 51.7. The minimum absolute atomic E-state index is 0. The van der Waals surface area contributed by atoms with Crippen molar-refractivity contribution in [3.63, 3.8) is 0 Å². The molecule has 0 aromatic heterocycles. The van der Waals surface area contributed by atoms with Gasteiger partial charge in [0.2, 0.25) is 5.91 Å². The second-order valence-corrected chi connectivity index (χ2v) is 43.1. The number of thiocarbonyl (C=S) groups is 1. The lowest BCUT2D eigenvalue weighted by molar-refractivity contribution is -0.119. The summed E-state index contributed by atoms with van der Waals surface area (Å²) >= 11 is 5.79. The number of benzene rings is 6. The topological polar surface area (TPSA) is 275 Å². The Morgan fingerprint density at radius 3 is 0.993 bits per heavy atom. The molecular formula is C109H157F4N17O11S. The van der Waals surface area contributed by atoms with Crippen molar-refractivity contribution < 1.29 is 73.2 Å². The Morgan fingerprint density at radius 1 is 0.408 bits per heavy atom. The molecule has 0 bridgehead atoms. The molecule has 17 rings (SSSR count). The Morgan fingerprint density at radius 2 is 0.697 bits per heavy atom. The number of ether oxygens (including phenoxy) is 5. The number of rotatable bonds is 23. The zero-order valence-electron chi connectivity index (χ0n) is 84.8. The second-order valence-electron chi connectivity index (χ2n) is 42.7. The fourth-order valence-corrected chi connectivity index (χ4v) is 22.4. The molecule has 9 amide bonds. The molecule has 3 spiro atoms. The Kier molecular flexibility index (Phi) is 36.3. The molecule has 11 aliphatic rings. The number of piperidine rings is 6. The number of likely N-dealkylation sites (tertiary alicyclic amines) is 3. The Bertz CT molecular complexity index is 5400. The molecule has 0 radical (unpaired) electrons. The van der Waals surface area contributed by atoms with E-state index in [2.05, 4.69) is 97.7 Å². The number of anilines is 6. The van der Waals surface area contributed by atoms with E-state index in [9.17, 15) is 33.2 Å². The fraction of sp³-hybridized carbons (Fsp3) is 0.587. The van der Waals surface area contributed by atoms with Gasteiger partial charge in [-0.1, -0.05) is 94.6 Å². The van der Waals surface area contributed by atoms with E-state index in [1.165, 1.54) is 60.4 Å². The van der Waals surface area contributed by atoms with Crippen molar-refractivity contribution in [3.05, 3.63) is 162 Å². The van der Waals surface area contributed by atoms with Crippen LogP contribution in [0.25, 0.3) is 0 Å². The van der Waals surface area contributed by atoms with Crippen molar-refractivity contribution in [1.29, 1.82) is 0 Å².